The van der Waals surface area contributed by atoms with Gasteiger partial charge in [0.25, 0.3) is 0 Å². The molecule has 0 aliphatic rings. The summed E-state index contributed by atoms with van der Waals surface area (Å²) in [6.07, 6.45) is 3.08. The van der Waals surface area contributed by atoms with Crippen molar-refractivity contribution in [1.82, 2.24) is 4.98 Å². The molecule has 1 N–H and O–H groups in total. The molecule has 3 nitrogen and oxygen atoms in total. The molecule has 0 saturated carbocycles. The number of anilines is 1. The van der Waals surface area contributed by atoms with Gasteiger partial charge in [-0.25, -0.2) is 4.98 Å². The second kappa shape index (κ2) is 3.96. The summed E-state index contributed by atoms with van der Waals surface area (Å²) in [5.41, 5.74) is 3.28. The third-order valence-corrected chi connectivity index (χ3v) is 2.09. The van der Waals surface area contributed by atoms with Gasteiger partial charge >= 0.3 is 0 Å². The van der Waals surface area contributed by atoms with E-state index in [0.717, 1.165) is 11.4 Å². The average molecular weight is 188 g/mol. The summed E-state index contributed by atoms with van der Waals surface area (Å²) in [6, 6.07) is 8.16. The molecule has 0 aliphatic heterocycles. The number of hydrogen-bond donors (Lipinski definition) is 1. The number of nitrogens with one attached hydrogen (secondary N) is 1. The third kappa shape index (κ3) is 1.93. The minimum Gasteiger partial charge on any atom is -0.451 e. The standard InChI is InChI=1S/C11H12N2O/c1-9-4-2-3-5-11(9)12-6-10-7-14-8-13-10/h2-5,7-8,12H,6H2,1H3. The van der Waals surface area contributed by atoms with Crippen molar-refractivity contribution in [2.75, 3.05) is 5.32 Å². The van der Waals surface area contributed by atoms with Crippen molar-refractivity contribution in [3.05, 3.63) is 48.2 Å². The van der Waals surface area contributed by atoms with Gasteiger partial charge in [-0.1, -0.05) is 18.2 Å². The molecule has 0 saturated heterocycles. The largest absolute Gasteiger partial charge is 0.451 e. The minimum absolute atomic E-state index is 0.696. The fraction of sp³-hybridized carbons (Fsp3) is 0.182. The van der Waals surface area contributed by atoms with Crippen molar-refractivity contribution < 1.29 is 4.42 Å². The van der Waals surface area contributed by atoms with Crippen LogP contribution in [0.3, 0.4) is 0 Å². The van der Waals surface area contributed by atoms with Crippen LogP contribution in [-0.4, -0.2) is 4.98 Å². The highest BCUT2D eigenvalue weighted by atomic mass is 16.3. The Morgan fingerprint density at radius 3 is 2.93 bits per heavy atom. The quantitative estimate of drug-likeness (QED) is 0.804. The van der Waals surface area contributed by atoms with E-state index in [4.69, 9.17) is 4.42 Å². The fourth-order valence-corrected chi connectivity index (χ4v) is 1.28. The SMILES string of the molecule is Cc1ccccc1NCc1cocn1. The number of hydrogen-bond acceptors (Lipinski definition) is 3. The van der Waals surface area contributed by atoms with Crippen LogP contribution >= 0.6 is 0 Å². The summed E-state index contributed by atoms with van der Waals surface area (Å²) in [6.45, 7) is 2.77. The first-order valence-corrected chi connectivity index (χ1v) is 4.53. The molecule has 14 heavy (non-hydrogen) atoms. The van der Waals surface area contributed by atoms with Crippen LogP contribution in [-0.2, 0) is 6.54 Å². The lowest BCUT2D eigenvalue weighted by Gasteiger charge is -2.06. The number of aryl methyl sites for hydroxylation is 1. The first kappa shape index (κ1) is 8.81. The van der Waals surface area contributed by atoms with Crippen LogP contribution in [0.2, 0.25) is 0 Å². The number of aromatic nitrogens is 1. The van der Waals surface area contributed by atoms with Gasteiger partial charge in [0.2, 0.25) is 0 Å². The molecular weight excluding hydrogens is 176 g/mol. The highest BCUT2D eigenvalue weighted by molar-refractivity contribution is 5.50. The van der Waals surface area contributed by atoms with Crippen molar-refractivity contribution in [3.8, 4) is 0 Å². The van der Waals surface area contributed by atoms with Gasteiger partial charge < -0.3 is 9.73 Å². The van der Waals surface area contributed by atoms with Crippen LogP contribution in [0, 0.1) is 6.92 Å². The van der Waals surface area contributed by atoms with E-state index in [1.165, 1.54) is 12.0 Å². The average Bonchev–Trinajstić information content (AvgIpc) is 2.69. The Balaban J connectivity index is 2.02. The van der Waals surface area contributed by atoms with E-state index in [1.54, 1.807) is 6.26 Å². The zero-order chi connectivity index (χ0) is 9.80. The van der Waals surface area contributed by atoms with Gasteiger partial charge in [0.1, 0.15) is 6.26 Å². The zero-order valence-corrected chi connectivity index (χ0v) is 8.03. The molecule has 0 fully saturated rings. The van der Waals surface area contributed by atoms with Crippen LogP contribution in [0.25, 0.3) is 0 Å². The molecule has 0 aliphatic carbocycles. The molecule has 0 bridgehead atoms. The highest BCUT2D eigenvalue weighted by Gasteiger charge is 1.98. The van der Waals surface area contributed by atoms with Gasteiger partial charge in [0.15, 0.2) is 6.39 Å². The molecule has 1 heterocycles. The predicted molar refractivity (Wildman–Crippen MR) is 55.0 cm³/mol. The van der Waals surface area contributed by atoms with Crippen LogP contribution in [0.15, 0.2) is 41.3 Å². The van der Waals surface area contributed by atoms with Gasteiger partial charge in [0, 0.05) is 5.69 Å². The Morgan fingerprint density at radius 2 is 2.21 bits per heavy atom. The maximum Gasteiger partial charge on any atom is 0.180 e. The highest BCUT2D eigenvalue weighted by Crippen LogP contribution is 2.13. The molecule has 0 atom stereocenters. The number of rotatable bonds is 3. The minimum atomic E-state index is 0.696. The molecule has 0 radical (unpaired) electrons. The van der Waals surface area contributed by atoms with Crippen molar-refractivity contribution >= 4 is 5.69 Å². The molecule has 3 heteroatoms. The van der Waals surface area contributed by atoms with Crippen LogP contribution < -0.4 is 5.32 Å². The van der Waals surface area contributed by atoms with E-state index in [2.05, 4.69) is 29.4 Å². The summed E-state index contributed by atoms with van der Waals surface area (Å²) >= 11 is 0. The van der Waals surface area contributed by atoms with Crippen LogP contribution in [0.4, 0.5) is 5.69 Å². The van der Waals surface area contributed by atoms with E-state index >= 15 is 0 Å². The Morgan fingerprint density at radius 1 is 1.36 bits per heavy atom. The number of nitrogens with zero attached hydrogens (tertiary/aromatic N) is 1. The second-order valence-electron chi connectivity index (χ2n) is 3.15. The van der Waals surface area contributed by atoms with Gasteiger partial charge in [0.05, 0.1) is 12.2 Å². The lowest BCUT2D eigenvalue weighted by Crippen LogP contribution is -2.00. The fourth-order valence-electron chi connectivity index (χ4n) is 1.28. The maximum absolute atomic E-state index is 4.88. The molecule has 0 amide bonds. The van der Waals surface area contributed by atoms with Crippen molar-refractivity contribution in [3.63, 3.8) is 0 Å². The normalized spacial score (nSPS) is 10.1. The summed E-state index contributed by atoms with van der Waals surface area (Å²) in [7, 11) is 0. The van der Waals surface area contributed by atoms with E-state index in [0.29, 0.717) is 6.54 Å². The van der Waals surface area contributed by atoms with Gasteiger partial charge in [-0.15, -0.1) is 0 Å². The maximum atomic E-state index is 4.88. The van der Waals surface area contributed by atoms with Crippen molar-refractivity contribution in [2.45, 2.75) is 13.5 Å². The Bertz CT molecular complexity index is 395. The molecule has 1 aromatic heterocycles. The molecule has 0 spiro atoms. The van der Waals surface area contributed by atoms with E-state index in [1.807, 2.05) is 12.1 Å². The molecule has 2 aromatic rings. The van der Waals surface area contributed by atoms with Gasteiger partial charge in [-0.3, -0.25) is 0 Å². The third-order valence-electron chi connectivity index (χ3n) is 2.09. The summed E-state index contributed by atoms with van der Waals surface area (Å²) in [5, 5.41) is 3.29. The molecule has 2 rings (SSSR count). The Kier molecular flexibility index (Phi) is 2.49. The Hall–Kier alpha value is -1.77. The van der Waals surface area contributed by atoms with Gasteiger partial charge in [-0.05, 0) is 18.6 Å². The summed E-state index contributed by atoms with van der Waals surface area (Å²) in [4.78, 5) is 4.03. The second-order valence-corrected chi connectivity index (χ2v) is 3.15. The van der Waals surface area contributed by atoms with E-state index in [9.17, 15) is 0 Å². The van der Waals surface area contributed by atoms with Gasteiger partial charge in [-0.2, -0.15) is 0 Å². The van der Waals surface area contributed by atoms with Crippen molar-refractivity contribution in [2.24, 2.45) is 0 Å². The smallest absolute Gasteiger partial charge is 0.180 e. The van der Waals surface area contributed by atoms with E-state index in [-0.39, 0.29) is 0 Å². The lowest BCUT2D eigenvalue weighted by atomic mass is 10.2. The number of para-hydroxylation sites is 1. The molecule has 0 unspecified atom stereocenters. The topological polar surface area (TPSA) is 38.1 Å². The van der Waals surface area contributed by atoms with E-state index < -0.39 is 0 Å². The lowest BCUT2D eigenvalue weighted by molar-refractivity contribution is 0.556. The number of oxazole rings is 1. The summed E-state index contributed by atoms with van der Waals surface area (Å²) < 4.78 is 4.88. The molecular formula is C11H12N2O. The first-order valence-electron chi connectivity index (χ1n) is 4.53. The van der Waals surface area contributed by atoms with Crippen LogP contribution in [0.1, 0.15) is 11.3 Å². The first-order chi connectivity index (χ1) is 6.86. The van der Waals surface area contributed by atoms with Crippen molar-refractivity contribution in [1.29, 1.82) is 0 Å². The zero-order valence-electron chi connectivity index (χ0n) is 8.03. The van der Waals surface area contributed by atoms with Crippen LogP contribution in [0.5, 0.6) is 0 Å². The number of benzene rings is 1. The Labute approximate surface area is 82.8 Å². The molecule has 72 valence electrons. The molecule has 1 aromatic carbocycles. The predicted octanol–water partition coefficient (Wildman–Crippen LogP) is 2.60. The summed E-state index contributed by atoms with van der Waals surface area (Å²) in [5.74, 6) is 0. The monoisotopic (exact) mass is 188 g/mol.